The van der Waals surface area contributed by atoms with Crippen LogP contribution in [0.15, 0.2) is 27.7 Å². The minimum absolute atomic E-state index is 0. The predicted molar refractivity (Wildman–Crippen MR) is 114 cm³/mol. The third-order valence-corrected chi connectivity index (χ3v) is 5.52. The van der Waals surface area contributed by atoms with Crippen molar-refractivity contribution in [1.82, 2.24) is 10.6 Å². The third kappa shape index (κ3) is 7.09. The first-order valence-corrected chi connectivity index (χ1v) is 9.53. The minimum Gasteiger partial charge on any atom is -0.496 e. The molecule has 0 aliphatic carbocycles. The second-order valence-electron chi connectivity index (χ2n) is 5.18. The smallest absolute Gasteiger partial charge is 0.191 e. The first-order valence-electron chi connectivity index (χ1n) is 7.69. The van der Waals surface area contributed by atoms with Gasteiger partial charge in [0.25, 0.3) is 0 Å². The van der Waals surface area contributed by atoms with Gasteiger partial charge in [0.15, 0.2) is 5.96 Å². The van der Waals surface area contributed by atoms with E-state index in [2.05, 4.69) is 56.3 Å². The minimum atomic E-state index is 0. The van der Waals surface area contributed by atoms with E-state index < -0.39 is 0 Å². The first-order chi connectivity index (χ1) is 10.7. The molecule has 0 amide bonds. The summed E-state index contributed by atoms with van der Waals surface area (Å²) >= 11 is 5.57. The molecule has 1 aromatic carbocycles. The molecule has 7 heteroatoms. The Kier molecular flexibility index (Phi) is 10.4. The quantitative estimate of drug-likeness (QED) is 0.342. The van der Waals surface area contributed by atoms with Crippen molar-refractivity contribution in [1.29, 1.82) is 0 Å². The van der Waals surface area contributed by atoms with Crippen LogP contribution in [0.25, 0.3) is 0 Å². The zero-order valence-electron chi connectivity index (χ0n) is 13.6. The molecule has 1 saturated heterocycles. The maximum atomic E-state index is 5.25. The average molecular weight is 514 g/mol. The summed E-state index contributed by atoms with van der Waals surface area (Å²) < 4.78 is 6.21. The normalized spacial score (nSPS) is 17.5. The van der Waals surface area contributed by atoms with Crippen molar-refractivity contribution < 1.29 is 4.74 Å². The summed E-state index contributed by atoms with van der Waals surface area (Å²) in [5, 5.41) is 7.48. The Bertz CT molecular complexity index is 510. The van der Waals surface area contributed by atoms with E-state index in [9.17, 15) is 0 Å². The zero-order valence-corrected chi connectivity index (χ0v) is 18.3. The zero-order chi connectivity index (χ0) is 15.8. The van der Waals surface area contributed by atoms with Crippen molar-refractivity contribution in [3.05, 3.63) is 28.2 Å². The fourth-order valence-electron chi connectivity index (χ4n) is 2.34. The Labute approximate surface area is 168 Å². The van der Waals surface area contributed by atoms with Crippen molar-refractivity contribution in [2.45, 2.75) is 31.6 Å². The number of methoxy groups -OCH3 is 1. The summed E-state index contributed by atoms with van der Waals surface area (Å²) in [5.41, 5.74) is 1.15. The topological polar surface area (TPSA) is 45.7 Å². The van der Waals surface area contributed by atoms with Crippen LogP contribution in [-0.2, 0) is 6.54 Å². The molecule has 130 valence electrons. The van der Waals surface area contributed by atoms with Crippen molar-refractivity contribution in [2.24, 2.45) is 4.99 Å². The number of nitrogens with one attached hydrogen (secondary N) is 2. The Morgan fingerprint density at radius 2 is 2.26 bits per heavy atom. The maximum absolute atomic E-state index is 5.25. The molecule has 1 aliphatic rings. The van der Waals surface area contributed by atoms with Crippen molar-refractivity contribution >= 4 is 57.6 Å². The summed E-state index contributed by atoms with van der Waals surface area (Å²) in [4.78, 5) is 4.66. The highest BCUT2D eigenvalue weighted by atomic mass is 127. The number of thioether (sulfide) groups is 1. The van der Waals surface area contributed by atoms with Gasteiger partial charge >= 0.3 is 0 Å². The standard InChI is InChI=1S/C16H24BrN3OS.HI/c1-3-18-16(20-11-13-5-4-8-22-13)19-10-12-6-7-15(21-2)14(17)9-12;/h6-7,9,13H,3-5,8,10-11H2,1-2H3,(H2,18,19,20);1H. The lowest BCUT2D eigenvalue weighted by Gasteiger charge is -2.14. The molecule has 1 unspecified atom stereocenters. The van der Waals surface area contributed by atoms with Gasteiger partial charge in [-0.05, 0) is 59.1 Å². The number of aliphatic imine (C=N–C) groups is 1. The van der Waals surface area contributed by atoms with Crippen LogP contribution in [0.4, 0.5) is 0 Å². The van der Waals surface area contributed by atoms with E-state index in [-0.39, 0.29) is 24.0 Å². The summed E-state index contributed by atoms with van der Waals surface area (Å²) in [6.07, 6.45) is 2.65. The van der Waals surface area contributed by atoms with Gasteiger partial charge in [-0.15, -0.1) is 24.0 Å². The summed E-state index contributed by atoms with van der Waals surface area (Å²) in [7, 11) is 1.67. The largest absolute Gasteiger partial charge is 0.496 e. The predicted octanol–water partition coefficient (Wildman–Crippen LogP) is 4.03. The Hall–Kier alpha value is -0.150. The monoisotopic (exact) mass is 513 g/mol. The molecule has 23 heavy (non-hydrogen) atoms. The Morgan fingerprint density at radius 1 is 1.43 bits per heavy atom. The van der Waals surface area contributed by atoms with Gasteiger partial charge in [0, 0.05) is 18.3 Å². The number of benzene rings is 1. The van der Waals surface area contributed by atoms with Crippen LogP contribution >= 0.6 is 51.7 Å². The lowest BCUT2D eigenvalue weighted by Crippen LogP contribution is -2.40. The van der Waals surface area contributed by atoms with Crippen molar-refractivity contribution in [2.75, 3.05) is 26.0 Å². The molecule has 1 aromatic rings. The van der Waals surface area contributed by atoms with E-state index in [0.29, 0.717) is 6.54 Å². The Morgan fingerprint density at radius 3 is 2.87 bits per heavy atom. The van der Waals surface area contributed by atoms with E-state index in [0.717, 1.165) is 40.1 Å². The number of hydrogen-bond acceptors (Lipinski definition) is 3. The van der Waals surface area contributed by atoms with Gasteiger partial charge in [-0.3, -0.25) is 0 Å². The molecule has 0 radical (unpaired) electrons. The molecule has 0 aromatic heterocycles. The van der Waals surface area contributed by atoms with Crippen LogP contribution < -0.4 is 15.4 Å². The molecule has 2 N–H and O–H groups in total. The maximum Gasteiger partial charge on any atom is 0.191 e. The van der Waals surface area contributed by atoms with E-state index in [1.807, 2.05) is 12.1 Å². The highest BCUT2D eigenvalue weighted by Gasteiger charge is 2.15. The molecule has 0 saturated carbocycles. The van der Waals surface area contributed by atoms with Gasteiger partial charge in [-0.1, -0.05) is 6.07 Å². The number of rotatable bonds is 6. The second kappa shape index (κ2) is 11.4. The summed E-state index contributed by atoms with van der Waals surface area (Å²) in [6, 6.07) is 6.06. The molecular formula is C16H25BrIN3OS. The highest BCUT2D eigenvalue weighted by molar-refractivity contribution is 14.0. The summed E-state index contributed by atoms with van der Waals surface area (Å²) in [5.74, 6) is 3.03. The van der Waals surface area contributed by atoms with E-state index in [1.165, 1.54) is 18.6 Å². The van der Waals surface area contributed by atoms with Crippen LogP contribution in [-0.4, -0.2) is 37.2 Å². The van der Waals surface area contributed by atoms with Crippen LogP contribution in [0, 0.1) is 0 Å². The van der Waals surface area contributed by atoms with E-state index in [4.69, 9.17) is 4.74 Å². The van der Waals surface area contributed by atoms with Crippen LogP contribution in [0.5, 0.6) is 5.75 Å². The average Bonchev–Trinajstić information content (AvgIpc) is 3.03. The van der Waals surface area contributed by atoms with Gasteiger partial charge in [-0.2, -0.15) is 11.8 Å². The van der Waals surface area contributed by atoms with Crippen LogP contribution in [0.3, 0.4) is 0 Å². The number of nitrogens with zero attached hydrogens (tertiary/aromatic N) is 1. The molecule has 1 fully saturated rings. The van der Waals surface area contributed by atoms with Gasteiger partial charge in [0.2, 0.25) is 0 Å². The lowest BCUT2D eigenvalue weighted by atomic mass is 10.2. The Balaban J connectivity index is 0.00000264. The van der Waals surface area contributed by atoms with Crippen LogP contribution in [0.2, 0.25) is 0 Å². The molecule has 1 aliphatic heterocycles. The van der Waals surface area contributed by atoms with E-state index >= 15 is 0 Å². The second-order valence-corrected chi connectivity index (χ2v) is 7.44. The van der Waals surface area contributed by atoms with E-state index in [1.54, 1.807) is 7.11 Å². The number of ether oxygens (including phenoxy) is 1. The fraction of sp³-hybridized carbons (Fsp3) is 0.562. The molecule has 2 rings (SSSR count). The number of hydrogen-bond donors (Lipinski definition) is 2. The lowest BCUT2D eigenvalue weighted by molar-refractivity contribution is 0.412. The van der Waals surface area contributed by atoms with Gasteiger partial charge in [0.1, 0.15) is 5.75 Å². The van der Waals surface area contributed by atoms with Gasteiger partial charge < -0.3 is 15.4 Å². The van der Waals surface area contributed by atoms with Gasteiger partial charge in [0.05, 0.1) is 18.1 Å². The number of guanidine groups is 1. The molecule has 1 atom stereocenters. The molecule has 0 spiro atoms. The van der Waals surface area contributed by atoms with Crippen molar-refractivity contribution in [3.8, 4) is 5.75 Å². The first kappa shape index (κ1) is 20.9. The van der Waals surface area contributed by atoms with Crippen molar-refractivity contribution in [3.63, 3.8) is 0 Å². The van der Waals surface area contributed by atoms with Crippen LogP contribution in [0.1, 0.15) is 25.3 Å². The molecular weight excluding hydrogens is 489 g/mol. The summed E-state index contributed by atoms with van der Waals surface area (Å²) in [6.45, 7) is 4.60. The molecule has 4 nitrogen and oxygen atoms in total. The highest BCUT2D eigenvalue weighted by Crippen LogP contribution is 2.26. The fourth-order valence-corrected chi connectivity index (χ4v) is 4.13. The van der Waals surface area contributed by atoms with Gasteiger partial charge in [-0.25, -0.2) is 4.99 Å². The molecule has 1 heterocycles. The number of halogens is 2. The molecule has 0 bridgehead atoms. The third-order valence-electron chi connectivity index (χ3n) is 3.50. The SMILES string of the molecule is CCNC(=NCc1ccc(OC)c(Br)c1)NCC1CCCS1.I.